The number of ether oxygens (including phenoxy) is 3. The van der Waals surface area contributed by atoms with Crippen LogP contribution in [0.3, 0.4) is 0 Å². The number of benzene rings is 3. The van der Waals surface area contributed by atoms with Crippen molar-refractivity contribution in [3.05, 3.63) is 83.2 Å². The smallest absolute Gasteiger partial charge is 0.341 e. The first-order valence-electron chi connectivity index (χ1n) is 12.3. The van der Waals surface area contributed by atoms with Crippen LogP contribution in [0.25, 0.3) is 11.1 Å². The summed E-state index contributed by atoms with van der Waals surface area (Å²) in [5.74, 6) is -2.63. The Balaban J connectivity index is 1.38. The summed E-state index contributed by atoms with van der Waals surface area (Å²) in [7, 11) is 0. The molecule has 7 heteroatoms. The SMILES string of the molecule is CCOc1ccc(-c2ccc(C(=O)OC3CCC(c4ccc(OCC)c(F)c4)CC3)c(F)c2F)cc1. The van der Waals surface area contributed by atoms with E-state index in [1.54, 1.807) is 37.3 Å². The number of esters is 1. The molecule has 4 nitrogen and oxygen atoms in total. The van der Waals surface area contributed by atoms with E-state index >= 15 is 0 Å². The molecule has 1 saturated carbocycles. The minimum absolute atomic E-state index is 0.0511. The van der Waals surface area contributed by atoms with Crippen LogP contribution in [-0.4, -0.2) is 25.3 Å². The largest absolute Gasteiger partial charge is 0.494 e. The summed E-state index contributed by atoms with van der Waals surface area (Å²) in [4.78, 5) is 12.6. The first-order valence-corrected chi connectivity index (χ1v) is 12.3. The second kappa shape index (κ2) is 11.5. The van der Waals surface area contributed by atoms with Crippen LogP contribution >= 0.6 is 0 Å². The fourth-order valence-electron chi connectivity index (χ4n) is 4.60. The van der Waals surface area contributed by atoms with Gasteiger partial charge < -0.3 is 14.2 Å². The van der Waals surface area contributed by atoms with Crippen LogP contribution in [0.15, 0.2) is 54.6 Å². The van der Waals surface area contributed by atoms with Crippen molar-refractivity contribution in [1.82, 2.24) is 0 Å². The predicted octanol–water partition coefficient (Wildman–Crippen LogP) is 7.45. The number of hydrogen-bond acceptors (Lipinski definition) is 4. The molecule has 0 amide bonds. The molecule has 190 valence electrons. The van der Waals surface area contributed by atoms with Crippen LogP contribution in [0.2, 0.25) is 0 Å². The molecule has 0 bridgehead atoms. The molecule has 0 saturated heterocycles. The minimum atomic E-state index is -1.23. The summed E-state index contributed by atoms with van der Waals surface area (Å²) in [6.07, 6.45) is 2.09. The highest BCUT2D eigenvalue weighted by molar-refractivity contribution is 5.90. The number of carbonyl (C=O) groups excluding carboxylic acids is 1. The zero-order valence-electron chi connectivity index (χ0n) is 20.4. The topological polar surface area (TPSA) is 44.8 Å². The molecule has 0 radical (unpaired) electrons. The lowest BCUT2D eigenvalue weighted by atomic mass is 9.82. The third-order valence-electron chi connectivity index (χ3n) is 6.45. The Morgan fingerprint density at radius 1 is 0.833 bits per heavy atom. The molecule has 0 N–H and O–H groups in total. The van der Waals surface area contributed by atoms with Crippen molar-refractivity contribution in [1.29, 1.82) is 0 Å². The molecule has 1 aliphatic carbocycles. The molecule has 0 spiro atoms. The monoisotopic (exact) mass is 498 g/mol. The highest BCUT2D eigenvalue weighted by Gasteiger charge is 2.28. The van der Waals surface area contributed by atoms with Gasteiger partial charge in [0, 0.05) is 5.56 Å². The van der Waals surface area contributed by atoms with Gasteiger partial charge in [-0.05, 0) is 86.9 Å². The maximum Gasteiger partial charge on any atom is 0.341 e. The van der Waals surface area contributed by atoms with Gasteiger partial charge in [-0.2, -0.15) is 0 Å². The lowest BCUT2D eigenvalue weighted by Crippen LogP contribution is -2.24. The van der Waals surface area contributed by atoms with Crippen molar-refractivity contribution >= 4 is 5.97 Å². The molecule has 0 heterocycles. The Hall–Kier alpha value is -3.48. The van der Waals surface area contributed by atoms with Gasteiger partial charge >= 0.3 is 5.97 Å². The first-order chi connectivity index (χ1) is 17.4. The third kappa shape index (κ3) is 5.66. The van der Waals surface area contributed by atoms with Crippen LogP contribution in [0.1, 0.15) is 61.4 Å². The molecular weight excluding hydrogens is 469 g/mol. The summed E-state index contributed by atoms with van der Waals surface area (Å²) < 4.78 is 60.0. The number of halogens is 3. The zero-order chi connectivity index (χ0) is 25.7. The summed E-state index contributed by atoms with van der Waals surface area (Å²) in [6, 6.07) is 14.2. The average molecular weight is 499 g/mol. The lowest BCUT2D eigenvalue weighted by Gasteiger charge is -2.28. The second-order valence-corrected chi connectivity index (χ2v) is 8.75. The summed E-state index contributed by atoms with van der Waals surface area (Å²) in [5.41, 5.74) is 0.964. The highest BCUT2D eigenvalue weighted by Crippen LogP contribution is 2.36. The van der Waals surface area contributed by atoms with Gasteiger partial charge in [-0.3, -0.25) is 0 Å². The Bertz CT molecular complexity index is 1200. The van der Waals surface area contributed by atoms with Crippen molar-refractivity contribution in [3.8, 4) is 22.6 Å². The van der Waals surface area contributed by atoms with Gasteiger partial charge in [0.25, 0.3) is 0 Å². The van der Waals surface area contributed by atoms with E-state index in [0.29, 0.717) is 50.2 Å². The fourth-order valence-corrected chi connectivity index (χ4v) is 4.60. The molecule has 0 unspecified atom stereocenters. The van der Waals surface area contributed by atoms with E-state index in [2.05, 4.69) is 0 Å². The molecule has 0 aliphatic heterocycles. The average Bonchev–Trinajstić information content (AvgIpc) is 2.88. The highest BCUT2D eigenvalue weighted by atomic mass is 19.2. The maximum absolute atomic E-state index is 14.8. The van der Waals surface area contributed by atoms with E-state index < -0.39 is 35.1 Å². The molecule has 0 atom stereocenters. The van der Waals surface area contributed by atoms with E-state index in [9.17, 15) is 18.0 Å². The van der Waals surface area contributed by atoms with Crippen LogP contribution in [-0.2, 0) is 4.74 Å². The van der Waals surface area contributed by atoms with Gasteiger partial charge in [0.05, 0.1) is 18.8 Å². The summed E-state index contributed by atoms with van der Waals surface area (Å²) >= 11 is 0. The van der Waals surface area contributed by atoms with Crippen molar-refractivity contribution in [2.75, 3.05) is 13.2 Å². The van der Waals surface area contributed by atoms with Gasteiger partial charge in [0.1, 0.15) is 11.9 Å². The molecule has 36 heavy (non-hydrogen) atoms. The van der Waals surface area contributed by atoms with Crippen molar-refractivity contribution < 1.29 is 32.2 Å². The molecule has 4 rings (SSSR count). The molecular formula is C29H29F3O4. The zero-order valence-corrected chi connectivity index (χ0v) is 20.4. The van der Waals surface area contributed by atoms with Crippen LogP contribution in [0, 0.1) is 17.5 Å². The van der Waals surface area contributed by atoms with Crippen molar-refractivity contribution in [3.63, 3.8) is 0 Å². The van der Waals surface area contributed by atoms with Crippen LogP contribution in [0.4, 0.5) is 13.2 Å². The fraction of sp³-hybridized carbons (Fsp3) is 0.345. The van der Waals surface area contributed by atoms with Crippen molar-refractivity contribution in [2.24, 2.45) is 0 Å². The van der Waals surface area contributed by atoms with E-state index in [1.165, 1.54) is 18.2 Å². The number of rotatable bonds is 8. The summed E-state index contributed by atoms with van der Waals surface area (Å²) in [5, 5.41) is 0. The van der Waals surface area contributed by atoms with Gasteiger partial charge in [-0.1, -0.05) is 24.3 Å². The molecule has 1 fully saturated rings. The maximum atomic E-state index is 14.8. The summed E-state index contributed by atoms with van der Waals surface area (Å²) in [6.45, 7) is 4.55. The predicted molar refractivity (Wildman–Crippen MR) is 131 cm³/mol. The second-order valence-electron chi connectivity index (χ2n) is 8.75. The van der Waals surface area contributed by atoms with Gasteiger partial charge in [0.2, 0.25) is 0 Å². The number of carbonyl (C=O) groups is 1. The Kier molecular flexibility index (Phi) is 8.18. The van der Waals surface area contributed by atoms with Gasteiger partial charge in [0.15, 0.2) is 23.2 Å². The Labute approximate surface area is 209 Å². The van der Waals surface area contributed by atoms with Gasteiger partial charge in [-0.25, -0.2) is 18.0 Å². The first kappa shape index (κ1) is 25.6. The molecule has 3 aromatic rings. The van der Waals surface area contributed by atoms with Crippen LogP contribution < -0.4 is 9.47 Å². The molecule has 3 aromatic carbocycles. The van der Waals surface area contributed by atoms with E-state index in [0.717, 1.165) is 5.56 Å². The Morgan fingerprint density at radius 3 is 2.17 bits per heavy atom. The standard InChI is InChI=1S/C29H29F3O4/c1-3-34-21-10-7-19(8-11-21)23-14-15-24(28(32)27(23)31)29(33)36-22-12-5-18(6-13-22)20-9-16-26(35-4-2)25(30)17-20/h7-11,14-18,22H,3-6,12-13H2,1-2H3. The van der Waals surface area contributed by atoms with Crippen LogP contribution in [0.5, 0.6) is 11.5 Å². The van der Waals surface area contributed by atoms with E-state index in [-0.39, 0.29) is 17.2 Å². The van der Waals surface area contributed by atoms with Crippen molar-refractivity contribution in [2.45, 2.75) is 51.6 Å². The normalized spacial score (nSPS) is 17.5. The Morgan fingerprint density at radius 2 is 1.53 bits per heavy atom. The van der Waals surface area contributed by atoms with Gasteiger partial charge in [-0.15, -0.1) is 0 Å². The quantitative estimate of drug-likeness (QED) is 0.303. The van der Waals surface area contributed by atoms with E-state index in [1.807, 2.05) is 13.0 Å². The lowest BCUT2D eigenvalue weighted by molar-refractivity contribution is 0.0189. The number of hydrogen-bond donors (Lipinski definition) is 0. The van der Waals surface area contributed by atoms with E-state index in [4.69, 9.17) is 14.2 Å². The molecule has 1 aliphatic rings. The minimum Gasteiger partial charge on any atom is -0.494 e. The third-order valence-corrected chi connectivity index (χ3v) is 6.45. The molecule has 0 aromatic heterocycles.